The average Bonchev–Trinajstić information content (AvgIpc) is 2.74. The number of halogens is 2. The fourth-order valence-corrected chi connectivity index (χ4v) is 4.49. The van der Waals surface area contributed by atoms with Gasteiger partial charge in [0.25, 0.3) is 10.0 Å². The summed E-state index contributed by atoms with van der Waals surface area (Å²) in [4.78, 5) is 12.7. The van der Waals surface area contributed by atoms with Crippen LogP contribution in [0.5, 0.6) is 5.75 Å². The molecule has 0 fully saturated rings. The third-order valence-corrected chi connectivity index (χ3v) is 6.53. The second-order valence-corrected chi connectivity index (χ2v) is 8.97. The fourth-order valence-electron chi connectivity index (χ4n) is 2.83. The molecule has 0 aliphatic rings. The molecule has 0 aromatic heterocycles. The van der Waals surface area contributed by atoms with Crippen molar-refractivity contribution in [3.8, 4) is 5.75 Å². The maximum atomic E-state index is 13.4. The van der Waals surface area contributed by atoms with Gasteiger partial charge in [-0.05, 0) is 61.5 Å². The van der Waals surface area contributed by atoms with Crippen LogP contribution in [0.25, 0.3) is 0 Å². The number of nitrogens with zero attached hydrogens (tertiary/aromatic N) is 1. The number of amides is 1. The van der Waals surface area contributed by atoms with Gasteiger partial charge in [-0.25, -0.2) is 12.8 Å². The molecule has 0 atom stereocenters. The van der Waals surface area contributed by atoms with Crippen molar-refractivity contribution in [1.29, 1.82) is 0 Å². The SMILES string of the molecule is COc1ccc(N(CC(=O)Nc2ccc(F)cc2)S(=O)(=O)c2ccc(C)cc2)cc1Cl. The molecule has 1 N–H and O–H groups in total. The molecule has 0 bridgehead atoms. The summed E-state index contributed by atoms with van der Waals surface area (Å²) in [5.41, 5.74) is 1.43. The molecule has 0 unspecified atom stereocenters. The van der Waals surface area contributed by atoms with Crippen LogP contribution in [0.4, 0.5) is 15.8 Å². The molecule has 1 amide bonds. The summed E-state index contributed by atoms with van der Waals surface area (Å²) in [5.74, 6) is -0.683. The smallest absolute Gasteiger partial charge is 0.264 e. The Kier molecular flexibility index (Phi) is 6.82. The van der Waals surface area contributed by atoms with Crippen LogP contribution >= 0.6 is 11.6 Å². The van der Waals surface area contributed by atoms with Crippen molar-refractivity contribution in [2.75, 3.05) is 23.3 Å². The fraction of sp³-hybridized carbons (Fsp3) is 0.136. The Morgan fingerprint density at radius 3 is 2.29 bits per heavy atom. The van der Waals surface area contributed by atoms with Crippen LogP contribution in [0.3, 0.4) is 0 Å². The van der Waals surface area contributed by atoms with E-state index in [-0.39, 0.29) is 15.6 Å². The number of hydrogen-bond donors (Lipinski definition) is 1. The summed E-state index contributed by atoms with van der Waals surface area (Å²) in [5, 5.41) is 2.77. The highest BCUT2D eigenvalue weighted by atomic mass is 35.5. The van der Waals surface area contributed by atoms with Gasteiger partial charge in [0, 0.05) is 5.69 Å². The molecule has 0 aliphatic heterocycles. The molecular weight excluding hydrogens is 443 g/mol. The second-order valence-electron chi connectivity index (χ2n) is 6.70. The molecule has 0 radical (unpaired) electrons. The zero-order chi connectivity index (χ0) is 22.6. The third kappa shape index (κ3) is 5.34. The summed E-state index contributed by atoms with van der Waals surface area (Å²) in [6.07, 6.45) is 0. The summed E-state index contributed by atoms with van der Waals surface area (Å²) in [6.45, 7) is 1.32. The van der Waals surface area contributed by atoms with E-state index in [1.165, 1.54) is 61.7 Å². The number of aryl methyl sites for hydroxylation is 1. The van der Waals surface area contributed by atoms with Crippen LogP contribution in [-0.2, 0) is 14.8 Å². The number of hydrogen-bond acceptors (Lipinski definition) is 4. The Hall–Kier alpha value is -3.10. The minimum absolute atomic E-state index is 0.0274. The van der Waals surface area contributed by atoms with Gasteiger partial charge >= 0.3 is 0 Å². The Labute approximate surface area is 185 Å². The van der Waals surface area contributed by atoms with Crippen molar-refractivity contribution >= 4 is 38.9 Å². The van der Waals surface area contributed by atoms with Crippen molar-refractivity contribution in [1.82, 2.24) is 0 Å². The van der Waals surface area contributed by atoms with Crippen LogP contribution in [0.15, 0.2) is 71.6 Å². The Balaban J connectivity index is 1.97. The average molecular weight is 463 g/mol. The van der Waals surface area contributed by atoms with Crippen LogP contribution in [0.1, 0.15) is 5.56 Å². The highest BCUT2D eigenvalue weighted by molar-refractivity contribution is 7.92. The first-order valence-corrected chi connectivity index (χ1v) is 11.0. The van der Waals surface area contributed by atoms with Gasteiger partial charge in [-0.2, -0.15) is 0 Å². The van der Waals surface area contributed by atoms with Crippen molar-refractivity contribution < 1.29 is 22.3 Å². The number of benzene rings is 3. The Morgan fingerprint density at radius 1 is 1.06 bits per heavy atom. The van der Waals surface area contributed by atoms with Crippen molar-refractivity contribution in [2.45, 2.75) is 11.8 Å². The maximum Gasteiger partial charge on any atom is 0.264 e. The van der Waals surface area contributed by atoms with Gasteiger partial charge in [0.1, 0.15) is 18.1 Å². The van der Waals surface area contributed by atoms with Gasteiger partial charge < -0.3 is 10.1 Å². The number of anilines is 2. The predicted molar refractivity (Wildman–Crippen MR) is 119 cm³/mol. The van der Waals surface area contributed by atoms with Crippen molar-refractivity contribution in [2.24, 2.45) is 0 Å². The van der Waals surface area contributed by atoms with Gasteiger partial charge in [0.05, 0.1) is 22.7 Å². The molecule has 0 saturated heterocycles. The zero-order valence-electron chi connectivity index (χ0n) is 16.8. The van der Waals surface area contributed by atoms with E-state index in [1.807, 2.05) is 6.92 Å². The van der Waals surface area contributed by atoms with Gasteiger partial charge in [-0.1, -0.05) is 29.3 Å². The van der Waals surface area contributed by atoms with E-state index in [1.54, 1.807) is 12.1 Å². The predicted octanol–water partition coefficient (Wildman–Crippen LogP) is 4.63. The molecule has 31 heavy (non-hydrogen) atoms. The van der Waals surface area contributed by atoms with Crippen LogP contribution in [0.2, 0.25) is 5.02 Å². The molecular formula is C22H20ClFN2O4S. The van der Waals surface area contributed by atoms with Crippen molar-refractivity contribution in [3.05, 3.63) is 83.1 Å². The van der Waals surface area contributed by atoms with E-state index in [4.69, 9.17) is 16.3 Å². The van der Waals surface area contributed by atoms with E-state index >= 15 is 0 Å². The first-order chi connectivity index (χ1) is 14.7. The summed E-state index contributed by atoms with van der Waals surface area (Å²) >= 11 is 6.19. The van der Waals surface area contributed by atoms with Crippen LogP contribution in [-0.4, -0.2) is 28.0 Å². The van der Waals surface area contributed by atoms with Gasteiger partial charge in [-0.15, -0.1) is 0 Å². The molecule has 6 nitrogen and oxygen atoms in total. The lowest BCUT2D eigenvalue weighted by Crippen LogP contribution is -2.38. The van der Waals surface area contributed by atoms with E-state index in [0.29, 0.717) is 11.4 Å². The number of methoxy groups -OCH3 is 1. The molecule has 0 saturated carbocycles. The van der Waals surface area contributed by atoms with Gasteiger partial charge in [0.15, 0.2) is 0 Å². The Bertz CT molecular complexity index is 1180. The highest BCUT2D eigenvalue weighted by Gasteiger charge is 2.28. The molecule has 3 aromatic rings. The van der Waals surface area contributed by atoms with Gasteiger partial charge in [0.2, 0.25) is 5.91 Å². The topological polar surface area (TPSA) is 75.7 Å². The number of ether oxygens (including phenoxy) is 1. The molecule has 3 aromatic carbocycles. The van der Waals surface area contributed by atoms with Gasteiger partial charge in [-0.3, -0.25) is 9.10 Å². The highest BCUT2D eigenvalue weighted by Crippen LogP contribution is 2.32. The maximum absolute atomic E-state index is 13.4. The summed E-state index contributed by atoms with van der Waals surface area (Å²) in [7, 11) is -2.65. The lowest BCUT2D eigenvalue weighted by atomic mass is 10.2. The largest absolute Gasteiger partial charge is 0.495 e. The van der Waals surface area contributed by atoms with E-state index in [9.17, 15) is 17.6 Å². The second kappa shape index (κ2) is 9.36. The first kappa shape index (κ1) is 22.6. The van der Waals surface area contributed by atoms with Crippen LogP contribution < -0.4 is 14.4 Å². The lowest BCUT2D eigenvalue weighted by Gasteiger charge is -2.24. The summed E-state index contributed by atoms with van der Waals surface area (Å²) < 4.78 is 45.9. The minimum Gasteiger partial charge on any atom is -0.495 e. The minimum atomic E-state index is -4.09. The molecule has 3 rings (SSSR count). The number of carbonyl (C=O) groups excluding carboxylic acids is 1. The zero-order valence-corrected chi connectivity index (χ0v) is 18.4. The quantitative estimate of drug-likeness (QED) is 0.555. The molecule has 0 aliphatic carbocycles. The van der Waals surface area contributed by atoms with Crippen molar-refractivity contribution in [3.63, 3.8) is 0 Å². The molecule has 9 heteroatoms. The third-order valence-electron chi connectivity index (χ3n) is 4.45. The number of sulfonamides is 1. The number of carbonyl (C=O) groups is 1. The standard InChI is InChI=1S/C22H20ClFN2O4S/c1-15-3-10-19(11-4-15)31(28,29)26(18-9-12-21(30-2)20(23)13-18)14-22(27)25-17-7-5-16(24)6-8-17/h3-13H,14H2,1-2H3,(H,25,27). The lowest BCUT2D eigenvalue weighted by molar-refractivity contribution is -0.114. The monoisotopic (exact) mass is 462 g/mol. The number of nitrogens with one attached hydrogen (secondary N) is 1. The first-order valence-electron chi connectivity index (χ1n) is 9.19. The summed E-state index contributed by atoms with van der Waals surface area (Å²) in [6, 6.07) is 15.9. The normalized spacial score (nSPS) is 11.1. The van der Waals surface area contributed by atoms with E-state index in [2.05, 4.69) is 5.32 Å². The molecule has 162 valence electrons. The molecule has 0 heterocycles. The van der Waals surface area contributed by atoms with Crippen LogP contribution in [0, 0.1) is 12.7 Å². The van der Waals surface area contributed by atoms with E-state index < -0.39 is 28.3 Å². The molecule has 0 spiro atoms. The van der Waals surface area contributed by atoms with E-state index in [0.717, 1.165) is 9.87 Å². The number of rotatable bonds is 7. The Morgan fingerprint density at radius 2 is 1.71 bits per heavy atom.